The number of nitrogens with one attached hydrogen (secondary N) is 2. The molecule has 1 aromatic heterocycles. The van der Waals surface area contributed by atoms with E-state index in [9.17, 15) is 13.2 Å². The number of sulfonamides is 1. The molecule has 0 aliphatic carbocycles. The van der Waals surface area contributed by atoms with Crippen LogP contribution >= 0.6 is 0 Å². The second-order valence-corrected chi connectivity index (χ2v) is 8.61. The van der Waals surface area contributed by atoms with E-state index in [1.54, 1.807) is 36.4 Å². The molecular formula is C21H23N3O6S. The summed E-state index contributed by atoms with van der Waals surface area (Å²) in [5.74, 6) is 1.16. The molecule has 0 radical (unpaired) electrons. The first-order valence-electron chi connectivity index (χ1n) is 9.28. The van der Waals surface area contributed by atoms with Crippen LogP contribution in [-0.2, 0) is 16.6 Å². The third kappa shape index (κ3) is 5.76. The summed E-state index contributed by atoms with van der Waals surface area (Å²) in [6, 6.07) is 11.4. The molecule has 0 aliphatic rings. The molecule has 2 N–H and O–H groups in total. The van der Waals surface area contributed by atoms with E-state index in [0.29, 0.717) is 28.5 Å². The molecule has 2 aromatic carbocycles. The molecule has 3 aromatic rings. The van der Waals surface area contributed by atoms with Crippen LogP contribution in [0.4, 0.5) is 11.4 Å². The molecule has 3 rings (SSSR count). The summed E-state index contributed by atoms with van der Waals surface area (Å²) in [6.07, 6.45) is 1.03. The molecule has 1 amide bonds. The lowest BCUT2D eigenvalue weighted by Gasteiger charge is -2.13. The van der Waals surface area contributed by atoms with Crippen molar-refractivity contribution in [1.29, 1.82) is 0 Å². The van der Waals surface area contributed by atoms with Crippen LogP contribution in [0.3, 0.4) is 0 Å². The summed E-state index contributed by atoms with van der Waals surface area (Å²) in [5, 5.41) is 6.63. The quantitative estimate of drug-likeness (QED) is 0.544. The Morgan fingerprint density at radius 1 is 1.16 bits per heavy atom. The second kappa shape index (κ2) is 9.09. The summed E-state index contributed by atoms with van der Waals surface area (Å²) < 4.78 is 41.6. The minimum absolute atomic E-state index is 0.222. The van der Waals surface area contributed by atoms with Crippen LogP contribution in [0.15, 0.2) is 47.0 Å². The molecule has 1 heterocycles. The van der Waals surface area contributed by atoms with E-state index in [2.05, 4.69) is 15.2 Å². The highest BCUT2D eigenvalue weighted by atomic mass is 32.2. The van der Waals surface area contributed by atoms with Gasteiger partial charge < -0.3 is 19.3 Å². The van der Waals surface area contributed by atoms with Gasteiger partial charge in [0.2, 0.25) is 10.0 Å². The standard InChI is InChI=1S/C21H23N3O6S/c1-13-18(14(2)30-23-13)12-29-17-7-5-6-15(10-17)21(25)22-16-8-9-20(28-3)19(11-16)24-31(4,26)27/h5-11,24H,12H2,1-4H3,(H,22,25). The van der Waals surface area contributed by atoms with Crippen molar-refractivity contribution in [2.75, 3.05) is 23.4 Å². The van der Waals surface area contributed by atoms with Crippen molar-refractivity contribution in [2.45, 2.75) is 20.5 Å². The number of methoxy groups -OCH3 is 1. The number of carbonyl (C=O) groups excluding carboxylic acids is 1. The maximum Gasteiger partial charge on any atom is 0.255 e. The largest absolute Gasteiger partial charge is 0.495 e. The molecule has 0 atom stereocenters. The van der Waals surface area contributed by atoms with Gasteiger partial charge in [-0.3, -0.25) is 9.52 Å². The number of carbonyl (C=O) groups is 1. The average molecular weight is 445 g/mol. The number of aromatic nitrogens is 1. The molecule has 9 nitrogen and oxygen atoms in total. The number of amides is 1. The van der Waals surface area contributed by atoms with Crippen LogP contribution in [0, 0.1) is 13.8 Å². The zero-order valence-corrected chi connectivity index (χ0v) is 18.4. The minimum Gasteiger partial charge on any atom is -0.495 e. The highest BCUT2D eigenvalue weighted by molar-refractivity contribution is 7.92. The van der Waals surface area contributed by atoms with E-state index in [-0.39, 0.29) is 18.2 Å². The van der Waals surface area contributed by atoms with Crippen molar-refractivity contribution in [1.82, 2.24) is 5.16 Å². The number of benzene rings is 2. The van der Waals surface area contributed by atoms with Gasteiger partial charge in [-0.15, -0.1) is 0 Å². The van der Waals surface area contributed by atoms with Crippen LogP contribution in [0.25, 0.3) is 0 Å². The van der Waals surface area contributed by atoms with Gasteiger partial charge >= 0.3 is 0 Å². The molecule has 0 saturated heterocycles. The van der Waals surface area contributed by atoms with Gasteiger partial charge in [0.05, 0.1) is 30.3 Å². The Morgan fingerprint density at radius 2 is 1.94 bits per heavy atom. The highest BCUT2D eigenvalue weighted by Crippen LogP contribution is 2.29. The van der Waals surface area contributed by atoms with Crippen molar-refractivity contribution >= 4 is 27.3 Å². The van der Waals surface area contributed by atoms with Crippen LogP contribution in [0.2, 0.25) is 0 Å². The molecule has 0 fully saturated rings. The molecule has 10 heteroatoms. The van der Waals surface area contributed by atoms with Gasteiger partial charge in [0.25, 0.3) is 5.91 Å². The first-order valence-corrected chi connectivity index (χ1v) is 11.2. The van der Waals surface area contributed by atoms with Gasteiger partial charge in [0.1, 0.15) is 23.9 Å². The maximum atomic E-state index is 12.7. The summed E-state index contributed by atoms with van der Waals surface area (Å²) >= 11 is 0. The van der Waals surface area contributed by atoms with Crippen LogP contribution in [0.1, 0.15) is 27.4 Å². The summed E-state index contributed by atoms with van der Waals surface area (Å²) in [7, 11) is -2.09. The van der Waals surface area contributed by atoms with Gasteiger partial charge in [-0.25, -0.2) is 8.42 Å². The molecule has 0 aliphatic heterocycles. The number of aryl methyl sites for hydroxylation is 2. The predicted molar refractivity (Wildman–Crippen MR) is 116 cm³/mol. The Labute approximate surface area is 180 Å². The Hall–Kier alpha value is -3.53. The summed E-state index contributed by atoms with van der Waals surface area (Å²) in [6.45, 7) is 3.91. The fraction of sp³-hybridized carbons (Fsp3) is 0.238. The van der Waals surface area contributed by atoms with Crippen LogP contribution in [-0.4, -0.2) is 32.8 Å². The number of anilines is 2. The van der Waals surface area contributed by atoms with Gasteiger partial charge in [0.15, 0.2) is 0 Å². The first-order chi connectivity index (χ1) is 14.7. The van der Waals surface area contributed by atoms with Crippen molar-refractivity contribution in [2.24, 2.45) is 0 Å². The Balaban J connectivity index is 1.73. The smallest absolute Gasteiger partial charge is 0.255 e. The zero-order chi connectivity index (χ0) is 22.6. The van der Waals surface area contributed by atoms with Crippen molar-refractivity contribution < 1.29 is 27.2 Å². The van der Waals surface area contributed by atoms with Crippen molar-refractivity contribution in [3.63, 3.8) is 0 Å². The summed E-state index contributed by atoms with van der Waals surface area (Å²) in [5.41, 5.74) is 2.62. The van der Waals surface area contributed by atoms with Gasteiger partial charge in [-0.1, -0.05) is 11.2 Å². The molecule has 0 saturated carbocycles. The predicted octanol–water partition coefficient (Wildman–Crippen LogP) is 3.50. The molecule has 164 valence electrons. The molecule has 31 heavy (non-hydrogen) atoms. The van der Waals surface area contributed by atoms with Crippen molar-refractivity contribution in [3.05, 3.63) is 65.0 Å². The normalized spacial score (nSPS) is 11.1. The fourth-order valence-corrected chi connectivity index (χ4v) is 3.42. The molecular weight excluding hydrogens is 422 g/mol. The number of ether oxygens (including phenoxy) is 2. The number of nitrogens with zero attached hydrogens (tertiary/aromatic N) is 1. The van der Waals surface area contributed by atoms with Crippen molar-refractivity contribution in [3.8, 4) is 11.5 Å². The monoisotopic (exact) mass is 445 g/mol. The lowest BCUT2D eigenvalue weighted by atomic mass is 10.2. The zero-order valence-electron chi connectivity index (χ0n) is 17.6. The van der Waals surface area contributed by atoms with Crippen LogP contribution in [0.5, 0.6) is 11.5 Å². The first kappa shape index (κ1) is 22.2. The van der Waals surface area contributed by atoms with E-state index in [1.165, 1.54) is 13.2 Å². The lowest BCUT2D eigenvalue weighted by Crippen LogP contribution is -2.14. The van der Waals surface area contributed by atoms with Crippen LogP contribution < -0.4 is 19.5 Å². The minimum atomic E-state index is -3.51. The lowest BCUT2D eigenvalue weighted by molar-refractivity contribution is 0.102. The fourth-order valence-electron chi connectivity index (χ4n) is 2.86. The van der Waals surface area contributed by atoms with E-state index < -0.39 is 10.0 Å². The summed E-state index contributed by atoms with van der Waals surface area (Å²) in [4.78, 5) is 12.7. The van der Waals surface area contributed by atoms with Gasteiger partial charge in [-0.05, 0) is 50.2 Å². The number of hydrogen-bond donors (Lipinski definition) is 2. The Morgan fingerprint density at radius 3 is 2.58 bits per heavy atom. The van der Waals surface area contributed by atoms with E-state index in [1.807, 2.05) is 13.8 Å². The molecule has 0 spiro atoms. The Kier molecular flexibility index (Phi) is 6.50. The van der Waals surface area contributed by atoms with E-state index in [0.717, 1.165) is 17.5 Å². The maximum absolute atomic E-state index is 12.7. The van der Waals surface area contributed by atoms with Gasteiger partial charge in [-0.2, -0.15) is 0 Å². The molecule has 0 unspecified atom stereocenters. The topological polar surface area (TPSA) is 120 Å². The van der Waals surface area contributed by atoms with Gasteiger partial charge in [0, 0.05) is 11.3 Å². The second-order valence-electron chi connectivity index (χ2n) is 6.86. The van der Waals surface area contributed by atoms with E-state index >= 15 is 0 Å². The third-order valence-electron chi connectivity index (χ3n) is 4.41. The number of hydrogen-bond acceptors (Lipinski definition) is 7. The number of rotatable bonds is 8. The third-order valence-corrected chi connectivity index (χ3v) is 5.00. The van der Waals surface area contributed by atoms with E-state index in [4.69, 9.17) is 14.0 Å². The molecule has 0 bridgehead atoms. The Bertz CT molecular complexity index is 1180. The average Bonchev–Trinajstić information content (AvgIpc) is 3.03. The SMILES string of the molecule is COc1ccc(NC(=O)c2cccc(OCc3c(C)noc3C)c2)cc1NS(C)(=O)=O. The highest BCUT2D eigenvalue weighted by Gasteiger charge is 2.13.